The summed E-state index contributed by atoms with van der Waals surface area (Å²) in [5.41, 5.74) is 1.75. The highest BCUT2D eigenvalue weighted by Crippen LogP contribution is 2.08. The van der Waals surface area contributed by atoms with E-state index in [1.807, 2.05) is 32.9 Å². The van der Waals surface area contributed by atoms with Gasteiger partial charge in [-0.05, 0) is 19.3 Å². The third kappa shape index (κ3) is 6.54. The third-order valence-corrected chi connectivity index (χ3v) is 3.48. The standard InChI is InChI=1S/C17H25NO3/c1-12(2)15(19)10-11-18-17(21)9-8-16(20)14-6-4-13(3)5-7-14/h4-7,12,15,19H,8-11H2,1-3H3,(H,18,21). The van der Waals surface area contributed by atoms with Crippen molar-refractivity contribution in [3.63, 3.8) is 0 Å². The molecular formula is C17H25NO3. The molecule has 2 N–H and O–H groups in total. The predicted molar refractivity (Wildman–Crippen MR) is 83.2 cm³/mol. The van der Waals surface area contributed by atoms with Crippen LogP contribution in [0.4, 0.5) is 0 Å². The fourth-order valence-corrected chi connectivity index (χ4v) is 1.89. The molecule has 0 fully saturated rings. The van der Waals surface area contributed by atoms with E-state index < -0.39 is 6.10 Å². The Hall–Kier alpha value is -1.68. The Morgan fingerprint density at radius 2 is 1.76 bits per heavy atom. The molecule has 4 nitrogen and oxygen atoms in total. The molecule has 0 aliphatic heterocycles. The molecule has 1 aromatic carbocycles. The average molecular weight is 291 g/mol. The SMILES string of the molecule is Cc1ccc(C(=O)CCC(=O)NCCC(O)C(C)C)cc1. The number of aliphatic hydroxyl groups excluding tert-OH is 1. The van der Waals surface area contributed by atoms with Crippen LogP contribution in [0.5, 0.6) is 0 Å². The van der Waals surface area contributed by atoms with Crippen molar-refractivity contribution in [2.45, 2.75) is 46.1 Å². The lowest BCUT2D eigenvalue weighted by Gasteiger charge is -2.14. The zero-order valence-corrected chi connectivity index (χ0v) is 13.1. The van der Waals surface area contributed by atoms with Crippen LogP contribution < -0.4 is 5.32 Å². The van der Waals surface area contributed by atoms with E-state index >= 15 is 0 Å². The lowest BCUT2D eigenvalue weighted by molar-refractivity contribution is -0.121. The van der Waals surface area contributed by atoms with Gasteiger partial charge in [0.2, 0.25) is 5.91 Å². The molecule has 21 heavy (non-hydrogen) atoms. The number of aliphatic hydroxyl groups is 1. The summed E-state index contributed by atoms with van der Waals surface area (Å²) in [4.78, 5) is 23.6. The van der Waals surface area contributed by atoms with Crippen molar-refractivity contribution in [2.75, 3.05) is 6.54 Å². The Bertz CT molecular complexity index is 465. The number of rotatable bonds is 8. The van der Waals surface area contributed by atoms with Crippen molar-refractivity contribution in [3.8, 4) is 0 Å². The molecule has 1 amide bonds. The number of Topliss-reactive ketones (excluding diaryl/α,β-unsaturated/α-hetero) is 1. The monoisotopic (exact) mass is 291 g/mol. The van der Waals surface area contributed by atoms with Gasteiger partial charge in [-0.2, -0.15) is 0 Å². The van der Waals surface area contributed by atoms with Gasteiger partial charge < -0.3 is 10.4 Å². The number of nitrogens with one attached hydrogen (secondary N) is 1. The maximum Gasteiger partial charge on any atom is 0.220 e. The lowest BCUT2D eigenvalue weighted by atomic mass is 10.0. The fraction of sp³-hybridized carbons (Fsp3) is 0.529. The van der Waals surface area contributed by atoms with Crippen molar-refractivity contribution in [2.24, 2.45) is 5.92 Å². The second-order valence-electron chi connectivity index (χ2n) is 5.74. The molecule has 116 valence electrons. The summed E-state index contributed by atoms with van der Waals surface area (Å²) in [6, 6.07) is 7.35. The molecule has 0 bridgehead atoms. The summed E-state index contributed by atoms with van der Waals surface area (Å²) in [5.74, 6) is 0.0174. The first-order valence-electron chi connectivity index (χ1n) is 7.44. The highest BCUT2D eigenvalue weighted by Gasteiger charge is 2.11. The van der Waals surface area contributed by atoms with E-state index in [0.717, 1.165) is 5.56 Å². The van der Waals surface area contributed by atoms with Crippen LogP contribution in [0, 0.1) is 12.8 Å². The minimum atomic E-state index is -0.403. The van der Waals surface area contributed by atoms with Crippen molar-refractivity contribution in [3.05, 3.63) is 35.4 Å². The molecular weight excluding hydrogens is 266 g/mol. The minimum absolute atomic E-state index is 0.0210. The highest BCUT2D eigenvalue weighted by atomic mass is 16.3. The highest BCUT2D eigenvalue weighted by molar-refractivity contribution is 5.97. The van der Waals surface area contributed by atoms with E-state index in [4.69, 9.17) is 0 Å². The quantitative estimate of drug-likeness (QED) is 0.723. The minimum Gasteiger partial charge on any atom is -0.393 e. The van der Waals surface area contributed by atoms with Gasteiger partial charge in [0.15, 0.2) is 5.78 Å². The number of carbonyl (C=O) groups is 2. The number of hydrogen-bond acceptors (Lipinski definition) is 3. The zero-order chi connectivity index (χ0) is 15.8. The second kappa shape index (κ2) is 8.57. The summed E-state index contributed by atoms with van der Waals surface area (Å²) in [7, 11) is 0. The van der Waals surface area contributed by atoms with Gasteiger partial charge >= 0.3 is 0 Å². The van der Waals surface area contributed by atoms with Gasteiger partial charge in [-0.25, -0.2) is 0 Å². The summed E-state index contributed by atoms with van der Waals surface area (Å²) in [5, 5.41) is 12.4. The van der Waals surface area contributed by atoms with Crippen LogP contribution >= 0.6 is 0 Å². The number of carbonyl (C=O) groups excluding carboxylic acids is 2. The molecule has 0 saturated heterocycles. The van der Waals surface area contributed by atoms with Crippen molar-refractivity contribution in [1.82, 2.24) is 5.32 Å². The lowest BCUT2D eigenvalue weighted by Crippen LogP contribution is -2.28. The van der Waals surface area contributed by atoms with Crippen LogP contribution in [0.1, 0.15) is 49.0 Å². The van der Waals surface area contributed by atoms with E-state index in [1.165, 1.54) is 0 Å². The number of ketones is 1. The molecule has 1 atom stereocenters. The summed E-state index contributed by atoms with van der Waals surface area (Å²) < 4.78 is 0. The molecule has 0 radical (unpaired) electrons. The van der Waals surface area contributed by atoms with Gasteiger partial charge in [0, 0.05) is 24.9 Å². The fourth-order valence-electron chi connectivity index (χ4n) is 1.89. The smallest absolute Gasteiger partial charge is 0.220 e. The van der Waals surface area contributed by atoms with Crippen LogP contribution in [0.3, 0.4) is 0 Å². The first-order chi connectivity index (χ1) is 9.90. The van der Waals surface area contributed by atoms with Crippen LogP contribution in [0.25, 0.3) is 0 Å². The number of aryl methyl sites for hydroxylation is 1. The zero-order valence-electron chi connectivity index (χ0n) is 13.1. The molecule has 0 aromatic heterocycles. The molecule has 0 aliphatic carbocycles. The Balaban J connectivity index is 2.26. The van der Waals surface area contributed by atoms with E-state index in [9.17, 15) is 14.7 Å². The molecule has 0 heterocycles. The second-order valence-corrected chi connectivity index (χ2v) is 5.74. The molecule has 1 aromatic rings. The van der Waals surface area contributed by atoms with Crippen LogP contribution in [-0.2, 0) is 4.79 Å². The van der Waals surface area contributed by atoms with Crippen LogP contribution in [-0.4, -0.2) is 29.4 Å². The molecule has 4 heteroatoms. The number of hydrogen-bond donors (Lipinski definition) is 2. The summed E-state index contributed by atoms with van der Waals surface area (Å²) in [6.45, 7) is 6.28. The maximum absolute atomic E-state index is 11.9. The Morgan fingerprint density at radius 1 is 1.14 bits per heavy atom. The summed E-state index contributed by atoms with van der Waals surface area (Å²) in [6.07, 6.45) is 0.529. The van der Waals surface area contributed by atoms with Crippen molar-refractivity contribution < 1.29 is 14.7 Å². The van der Waals surface area contributed by atoms with Crippen LogP contribution in [0.15, 0.2) is 24.3 Å². The van der Waals surface area contributed by atoms with Crippen LogP contribution in [0.2, 0.25) is 0 Å². The Kier molecular flexibility index (Phi) is 7.09. The third-order valence-electron chi connectivity index (χ3n) is 3.48. The first-order valence-corrected chi connectivity index (χ1v) is 7.44. The van der Waals surface area contributed by atoms with Crippen molar-refractivity contribution >= 4 is 11.7 Å². The van der Waals surface area contributed by atoms with E-state index in [0.29, 0.717) is 18.5 Å². The largest absolute Gasteiger partial charge is 0.393 e. The van der Waals surface area contributed by atoms with Crippen molar-refractivity contribution in [1.29, 1.82) is 0 Å². The van der Waals surface area contributed by atoms with Gasteiger partial charge in [0.05, 0.1) is 6.10 Å². The number of amides is 1. The maximum atomic E-state index is 11.9. The van der Waals surface area contributed by atoms with Gasteiger partial charge in [0.1, 0.15) is 0 Å². The average Bonchev–Trinajstić information content (AvgIpc) is 2.45. The van der Waals surface area contributed by atoms with E-state index in [2.05, 4.69) is 5.32 Å². The predicted octanol–water partition coefficient (Wildman–Crippen LogP) is 2.48. The topological polar surface area (TPSA) is 66.4 Å². The van der Waals surface area contributed by atoms with E-state index in [1.54, 1.807) is 12.1 Å². The van der Waals surface area contributed by atoms with Gasteiger partial charge in [-0.15, -0.1) is 0 Å². The molecule has 0 spiro atoms. The van der Waals surface area contributed by atoms with Gasteiger partial charge in [0.25, 0.3) is 0 Å². The first kappa shape index (κ1) is 17.4. The normalized spacial score (nSPS) is 12.2. The Labute approximate surface area is 126 Å². The molecule has 1 rings (SSSR count). The summed E-state index contributed by atoms with van der Waals surface area (Å²) >= 11 is 0. The van der Waals surface area contributed by atoms with Gasteiger partial charge in [-0.3, -0.25) is 9.59 Å². The molecule has 0 saturated carbocycles. The molecule has 1 unspecified atom stereocenters. The number of benzene rings is 1. The van der Waals surface area contributed by atoms with Gasteiger partial charge in [-0.1, -0.05) is 43.7 Å². The molecule has 0 aliphatic rings. The van der Waals surface area contributed by atoms with E-state index in [-0.39, 0.29) is 30.4 Å². The Morgan fingerprint density at radius 3 is 2.33 bits per heavy atom.